The normalized spacial score (nSPS) is 10.3. The number of rotatable bonds is 6. The minimum atomic E-state index is 0.634. The molecule has 0 amide bonds. The van der Waals surface area contributed by atoms with Gasteiger partial charge in [-0.25, -0.2) is 0 Å². The van der Waals surface area contributed by atoms with Gasteiger partial charge in [-0.1, -0.05) is 12.1 Å². The van der Waals surface area contributed by atoms with Gasteiger partial charge < -0.3 is 15.2 Å². The first-order valence-corrected chi connectivity index (χ1v) is 6.84. The lowest BCUT2D eigenvalue weighted by Crippen LogP contribution is -2.06. The quantitative estimate of drug-likeness (QED) is 0.643. The topological polar surface area (TPSA) is 44.5 Å². The second-order valence-electron chi connectivity index (χ2n) is 4.82. The van der Waals surface area contributed by atoms with Crippen LogP contribution in [0.4, 0.5) is 5.69 Å². The van der Waals surface area contributed by atoms with E-state index < -0.39 is 0 Å². The van der Waals surface area contributed by atoms with Crippen molar-refractivity contribution in [3.8, 4) is 11.5 Å². The number of hydrogen-bond donors (Lipinski definition) is 1. The van der Waals surface area contributed by atoms with Crippen molar-refractivity contribution in [2.24, 2.45) is 0 Å². The second-order valence-corrected chi connectivity index (χ2v) is 4.82. The minimum absolute atomic E-state index is 0.634. The molecule has 0 saturated carbocycles. The fraction of sp³-hybridized carbons (Fsp3) is 0.294. The molecule has 3 heteroatoms. The van der Waals surface area contributed by atoms with Crippen LogP contribution in [0.15, 0.2) is 42.5 Å². The molecule has 0 aromatic heterocycles. The van der Waals surface area contributed by atoms with E-state index in [9.17, 15) is 0 Å². The van der Waals surface area contributed by atoms with Gasteiger partial charge in [-0.05, 0) is 55.3 Å². The molecule has 0 spiro atoms. The Kier molecular flexibility index (Phi) is 4.88. The zero-order chi connectivity index (χ0) is 14.4. The Morgan fingerprint density at radius 1 is 0.900 bits per heavy atom. The number of nitrogen functional groups attached to an aromatic ring is 1. The molecule has 2 N–H and O–H groups in total. The van der Waals surface area contributed by atoms with Gasteiger partial charge in [0.15, 0.2) is 0 Å². The molecule has 0 atom stereocenters. The van der Waals surface area contributed by atoms with Gasteiger partial charge in [-0.2, -0.15) is 0 Å². The molecule has 3 nitrogen and oxygen atoms in total. The van der Waals surface area contributed by atoms with Crippen molar-refractivity contribution in [1.29, 1.82) is 0 Å². The van der Waals surface area contributed by atoms with Gasteiger partial charge in [0.2, 0.25) is 0 Å². The number of ether oxygens (including phenoxy) is 2. The van der Waals surface area contributed by atoms with Crippen LogP contribution in [0.2, 0.25) is 0 Å². The fourth-order valence-electron chi connectivity index (χ4n) is 1.88. The average Bonchev–Trinajstić information content (AvgIpc) is 2.45. The molecular weight excluding hydrogens is 250 g/mol. The first kappa shape index (κ1) is 14.3. The Balaban J connectivity index is 1.71. The van der Waals surface area contributed by atoms with E-state index in [1.165, 1.54) is 11.1 Å². The van der Waals surface area contributed by atoms with E-state index in [4.69, 9.17) is 15.2 Å². The van der Waals surface area contributed by atoms with Gasteiger partial charge in [0.05, 0.1) is 13.2 Å². The summed E-state index contributed by atoms with van der Waals surface area (Å²) in [5.41, 5.74) is 8.82. The van der Waals surface area contributed by atoms with E-state index in [0.717, 1.165) is 23.6 Å². The van der Waals surface area contributed by atoms with E-state index in [1.807, 2.05) is 36.4 Å². The lowest BCUT2D eigenvalue weighted by molar-refractivity contribution is 0.246. The molecule has 2 aromatic rings. The Morgan fingerprint density at radius 2 is 1.60 bits per heavy atom. The van der Waals surface area contributed by atoms with Crippen molar-refractivity contribution in [2.75, 3.05) is 18.9 Å². The summed E-state index contributed by atoms with van der Waals surface area (Å²) < 4.78 is 11.4. The van der Waals surface area contributed by atoms with E-state index in [-0.39, 0.29) is 0 Å². The van der Waals surface area contributed by atoms with Gasteiger partial charge >= 0.3 is 0 Å². The monoisotopic (exact) mass is 271 g/mol. The van der Waals surface area contributed by atoms with Crippen molar-refractivity contribution in [2.45, 2.75) is 20.3 Å². The smallest absolute Gasteiger partial charge is 0.122 e. The molecule has 0 aliphatic carbocycles. The highest BCUT2D eigenvalue weighted by molar-refractivity contribution is 5.41. The fourth-order valence-corrected chi connectivity index (χ4v) is 1.88. The predicted octanol–water partition coefficient (Wildman–Crippen LogP) is 3.73. The molecular formula is C17H21NO2. The molecule has 106 valence electrons. The van der Waals surface area contributed by atoms with Crippen LogP contribution in [0.25, 0.3) is 0 Å². The maximum Gasteiger partial charge on any atom is 0.122 e. The van der Waals surface area contributed by atoms with Gasteiger partial charge in [0, 0.05) is 12.1 Å². The van der Waals surface area contributed by atoms with Gasteiger partial charge in [0.1, 0.15) is 11.5 Å². The molecule has 2 aromatic carbocycles. The summed E-state index contributed by atoms with van der Waals surface area (Å²) in [5.74, 6) is 1.79. The van der Waals surface area contributed by atoms with Crippen LogP contribution in [-0.2, 0) is 0 Å². The Labute approximate surface area is 120 Å². The van der Waals surface area contributed by atoms with Gasteiger partial charge in [-0.3, -0.25) is 0 Å². The van der Waals surface area contributed by atoms with Crippen LogP contribution in [-0.4, -0.2) is 13.2 Å². The van der Waals surface area contributed by atoms with Crippen LogP contribution in [0.1, 0.15) is 17.5 Å². The van der Waals surface area contributed by atoms with E-state index in [0.29, 0.717) is 13.2 Å². The zero-order valence-electron chi connectivity index (χ0n) is 12.1. The van der Waals surface area contributed by atoms with Crippen LogP contribution in [0.3, 0.4) is 0 Å². The molecule has 0 unspecified atom stereocenters. The van der Waals surface area contributed by atoms with Crippen molar-refractivity contribution in [3.05, 3.63) is 53.6 Å². The van der Waals surface area contributed by atoms with Crippen LogP contribution in [0.5, 0.6) is 11.5 Å². The van der Waals surface area contributed by atoms with Gasteiger partial charge in [0.25, 0.3) is 0 Å². The lowest BCUT2D eigenvalue weighted by atomic mass is 10.1. The van der Waals surface area contributed by atoms with Crippen LogP contribution in [0, 0.1) is 13.8 Å². The third-order valence-electron chi connectivity index (χ3n) is 3.25. The first-order chi connectivity index (χ1) is 9.66. The first-order valence-electron chi connectivity index (χ1n) is 6.84. The highest BCUT2D eigenvalue weighted by Gasteiger charge is 2.01. The number of nitrogens with two attached hydrogens (primary N) is 1. The Bertz CT molecular complexity index is 549. The van der Waals surface area contributed by atoms with E-state index in [2.05, 4.69) is 19.9 Å². The Hall–Kier alpha value is -2.16. The van der Waals surface area contributed by atoms with Crippen LogP contribution >= 0.6 is 0 Å². The summed E-state index contributed by atoms with van der Waals surface area (Å²) in [7, 11) is 0. The maximum atomic E-state index is 5.77. The number of anilines is 1. The molecule has 0 aliphatic rings. The summed E-state index contributed by atoms with van der Waals surface area (Å²) in [6.45, 7) is 5.45. The van der Waals surface area contributed by atoms with Crippen molar-refractivity contribution in [3.63, 3.8) is 0 Å². The molecule has 0 saturated heterocycles. The van der Waals surface area contributed by atoms with E-state index in [1.54, 1.807) is 0 Å². The average molecular weight is 271 g/mol. The molecule has 0 radical (unpaired) electrons. The number of aryl methyl sites for hydroxylation is 1. The maximum absolute atomic E-state index is 5.77. The van der Waals surface area contributed by atoms with E-state index >= 15 is 0 Å². The molecule has 2 rings (SSSR count). The zero-order valence-corrected chi connectivity index (χ0v) is 12.1. The summed E-state index contributed by atoms with van der Waals surface area (Å²) in [4.78, 5) is 0. The summed E-state index contributed by atoms with van der Waals surface area (Å²) in [5, 5.41) is 0. The number of hydrogen-bond acceptors (Lipinski definition) is 3. The molecule has 0 fully saturated rings. The highest BCUT2D eigenvalue weighted by Crippen LogP contribution is 2.20. The van der Waals surface area contributed by atoms with Crippen molar-refractivity contribution < 1.29 is 9.47 Å². The molecule has 0 heterocycles. The third kappa shape index (κ3) is 3.92. The standard InChI is InChI=1S/C17H21NO2/c1-13-5-3-6-17(14(13)2)20-12-4-11-19-16-9-7-15(18)8-10-16/h3,5-10H,4,11-12,18H2,1-2H3. The lowest BCUT2D eigenvalue weighted by Gasteiger charge is -2.11. The SMILES string of the molecule is Cc1cccc(OCCCOc2ccc(N)cc2)c1C. The third-order valence-corrected chi connectivity index (χ3v) is 3.25. The predicted molar refractivity (Wildman–Crippen MR) is 82.4 cm³/mol. The second kappa shape index (κ2) is 6.85. The van der Waals surface area contributed by atoms with Crippen molar-refractivity contribution in [1.82, 2.24) is 0 Å². The van der Waals surface area contributed by atoms with Gasteiger partial charge in [-0.15, -0.1) is 0 Å². The largest absolute Gasteiger partial charge is 0.493 e. The summed E-state index contributed by atoms with van der Waals surface area (Å²) in [6.07, 6.45) is 0.845. The minimum Gasteiger partial charge on any atom is -0.493 e. The van der Waals surface area contributed by atoms with Crippen molar-refractivity contribution >= 4 is 5.69 Å². The highest BCUT2D eigenvalue weighted by atomic mass is 16.5. The number of benzene rings is 2. The molecule has 0 bridgehead atoms. The Morgan fingerprint density at radius 3 is 2.35 bits per heavy atom. The van der Waals surface area contributed by atoms with Crippen LogP contribution < -0.4 is 15.2 Å². The molecule has 0 aliphatic heterocycles. The molecule has 20 heavy (non-hydrogen) atoms. The summed E-state index contributed by atoms with van der Waals surface area (Å²) >= 11 is 0. The summed E-state index contributed by atoms with van der Waals surface area (Å²) in [6, 6.07) is 13.5.